The smallest absolute Gasteiger partial charge is 0.410 e. The van der Waals surface area contributed by atoms with E-state index >= 15 is 0 Å². The molecule has 1 N–H and O–H groups in total. The topological polar surface area (TPSA) is 67.9 Å². The second-order valence-electron chi connectivity index (χ2n) is 10.9. The Bertz CT molecular complexity index is 1200. The highest BCUT2D eigenvalue weighted by Gasteiger charge is 2.25. The van der Waals surface area contributed by atoms with Gasteiger partial charge in [0.1, 0.15) is 18.0 Å². The molecule has 0 aromatic heterocycles. The summed E-state index contributed by atoms with van der Waals surface area (Å²) in [6.45, 7) is 7.04. The zero-order chi connectivity index (χ0) is 27.0. The molecule has 2 amide bonds. The summed E-state index contributed by atoms with van der Waals surface area (Å²) < 4.78 is 11.7. The van der Waals surface area contributed by atoms with Gasteiger partial charge in [0.05, 0.1) is 0 Å². The largest absolute Gasteiger partial charge is 0.489 e. The number of carbonyl (C=O) groups excluding carboxylic acids is 2. The molecule has 3 aromatic rings. The number of nitrogens with one attached hydrogen (secondary N) is 1. The van der Waals surface area contributed by atoms with Crippen LogP contribution < -0.4 is 10.1 Å². The maximum atomic E-state index is 12.9. The minimum absolute atomic E-state index is 0.106. The van der Waals surface area contributed by atoms with Crippen molar-refractivity contribution in [1.29, 1.82) is 0 Å². The van der Waals surface area contributed by atoms with E-state index in [1.165, 1.54) is 5.56 Å². The fourth-order valence-corrected chi connectivity index (χ4v) is 4.20. The number of hydrogen-bond acceptors (Lipinski definition) is 4. The fourth-order valence-electron chi connectivity index (χ4n) is 4.20. The zero-order valence-corrected chi connectivity index (χ0v) is 22.6. The number of ether oxygens (including phenoxy) is 2. The summed E-state index contributed by atoms with van der Waals surface area (Å²) in [4.78, 5) is 26.9. The first kappa shape index (κ1) is 27.2. The van der Waals surface area contributed by atoms with Crippen molar-refractivity contribution in [1.82, 2.24) is 4.90 Å². The molecule has 3 aromatic carbocycles. The lowest BCUT2D eigenvalue weighted by atomic mass is 9.85. The van der Waals surface area contributed by atoms with Gasteiger partial charge < -0.3 is 19.7 Å². The maximum Gasteiger partial charge on any atom is 0.410 e. The highest BCUT2D eigenvalue weighted by molar-refractivity contribution is 5.93. The van der Waals surface area contributed by atoms with Crippen LogP contribution in [0.15, 0.2) is 78.9 Å². The Morgan fingerprint density at radius 2 is 1.61 bits per heavy atom. The lowest BCUT2D eigenvalue weighted by Gasteiger charge is -2.27. The van der Waals surface area contributed by atoms with Crippen molar-refractivity contribution in [3.05, 3.63) is 95.6 Å². The number of benzene rings is 3. The first-order valence-corrected chi connectivity index (χ1v) is 13.4. The Morgan fingerprint density at radius 3 is 2.26 bits per heavy atom. The third-order valence-electron chi connectivity index (χ3n) is 6.54. The SMILES string of the molecule is CC(C)(C)OC(=O)N(CCc1ccccc1)Cc1ccc(OCc2cccc(NC(=O)C3CCC3)c2)cc1. The Labute approximate surface area is 226 Å². The molecule has 1 aliphatic carbocycles. The van der Waals surface area contributed by atoms with E-state index in [0.29, 0.717) is 19.7 Å². The van der Waals surface area contributed by atoms with Crippen molar-refractivity contribution in [2.45, 2.75) is 65.2 Å². The molecule has 200 valence electrons. The molecule has 0 spiro atoms. The maximum absolute atomic E-state index is 12.9. The van der Waals surface area contributed by atoms with E-state index in [1.54, 1.807) is 4.90 Å². The van der Waals surface area contributed by atoms with Gasteiger partial charge in [0, 0.05) is 24.7 Å². The van der Waals surface area contributed by atoms with Gasteiger partial charge in [-0.2, -0.15) is 0 Å². The molecule has 6 heteroatoms. The molecule has 0 heterocycles. The summed E-state index contributed by atoms with van der Waals surface area (Å²) in [5.74, 6) is 0.998. The summed E-state index contributed by atoms with van der Waals surface area (Å²) in [7, 11) is 0. The molecule has 0 bridgehead atoms. The Hall–Kier alpha value is -3.80. The number of nitrogens with zero attached hydrogens (tertiary/aromatic N) is 1. The lowest BCUT2D eigenvalue weighted by molar-refractivity contribution is -0.122. The molecular weight excluding hydrogens is 476 g/mol. The van der Waals surface area contributed by atoms with Crippen LogP contribution in [0.1, 0.15) is 56.7 Å². The molecule has 4 rings (SSSR count). The van der Waals surface area contributed by atoms with Gasteiger partial charge in [-0.1, -0.05) is 61.0 Å². The van der Waals surface area contributed by atoms with Crippen LogP contribution in [-0.2, 0) is 29.1 Å². The highest BCUT2D eigenvalue weighted by Crippen LogP contribution is 2.28. The standard InChI is InChI=1S/C32H38N2O4/c1-32(2,3)38-31(36)34(20-19-24-9-5-4-6-10-24)22-25-15-17-29(18-16-25)37-23-26-11-7-14-28(21-26)33-30(35)27-12-8-13-27/h4-7,9-11,14-18,21,27H,8,12-13,19-20,22-23H2,1-3H3,(H,33,35). The molecule has 0 atom stereocenters. The van der Waals surface area contributed by atoms with Crippen LogP contribution in [0.25, 0.3) is 0 Å². The second kappa shape index (κ2) is 12.6. The van der Waals surface area contributed by atoms with Crippen LogP contribution in [-0.4, -0.2) is 29.0 Å². The normalized spacial score (nSPS) is 13.3. The number of anilines is 1. The molecule has 0 aliphatic heterocycles. The van der Waals surface area contributed by atoms with Crippen molar-refractivity contribution in [2.24, 2.45) is 5.92 Å². The van der Waals surface area contributed by atoms with Crippen molar-refractivity contribution in [3.8, 4) is 5.75 Å². The lowest BCUT2D eigenvalue weighted by Crippen LogP contribution is -2.37. The minimum atomic E-state index is -0.558. The molecule has 1 fully saturated rings. The number of carbonyl (C=O) groups is 2. The van der Waals surface area contributed by atoms with Crippen LogP contribution in [0.4, 0.5) is 10.5 Å². The monoisotopic (exact) mass is 514 g/mol. The minimum Gasteiger partial charge on any atom is -0.489 e. The molecule has 0 radical (unpaired) electrons. The summed E-state index contributed by atoms with van der Waals surface area (Å²) in [6.07, 6.45) is 3.53. The summed E-state index contributed by atoms with van der Waals surface area (Å²) in [5.41, 5.74) is 3.40. The highest BCUT2D eigenvalue weighted by atomic mass is 16.6. The van der Waals surface area contributed by atoms with Crippen LogP contribution in [0.2, 0.25) is 0 Å². The number of hydrogen-bond donors (Lipinski definition) is 1. The third kappa shape index (κ3) is 8.37. The third-order valence-corrected chi connectivity index (χ3v) is 6.54. The van der Waals surface area contributed by atoms with E-state index in [1.807, 2.05) is 87.5 Å². The van der Waals surface area contributed by atoms with Gasteiger partial charge in [0.25, 0.3) is 0 Å². The van der Waals surface area contributed by atoms with Gasteiger partial charge in [-0.15, -0.1) is 0 Å². The number of amides is 2. The van der Waals surface area contributed by atoms with Gasteiger partial charge in [0.2, 0.25) is 5.91 Å². The average Bonchev–Trinajstić information content (AvgIpc) is 2.84. The summed E-state index contributed by atoms with van der Waals surface area (Å²) in [6, 6.07) is 25.7. The first-order valence-electron chi connectivity index (χ1n) is 13.4. The van der Waals surface area contributed by atoms with Crippen molar-refractivity contribution in [3.63, 3.8) is 0 Å². The molecule has 0 unspecified atom stereocenters. The van der Waals surface area contributed by atoms with Crippen LogP contribution >= 0.6 is 0 Å². The molecule has 1 aliphatic rings. The van der Waals surface area contributed by atoms with E-state index in [0.717, 1.165) is 48.2 Å². The van der Waals surface area contributed by atoms with Gasteiger partial charge in [-0.05, 0) is 81.0 Å². The average molecular weight is 515 g/mol. The fraction of sp³-hybridized carbons (Fsp3) is 0.375. The predicted molar refractivity (Wildman–Crippen MR) is 150 cm³/mol. The summed E-state index contributed by atoms with van der Waals surface area (Å²) in [5, 5.41) is 3.01. The quantitative estimate of drug-likeness (QED) is 0.317. The first-order chi connectivity index (χ1) is 18.2. The predicted octanol–water partition coefficient (Wildman–Crippen LogP) is 6.98. The van der Waals surface area contributed by atoms with E-state index in [9.17, 15) is 9.59 Å². The number of rotatable bonds is 10. The van der Waals surface area contributed by atoms with Crippen molar-refractivity contribution in [2.75, 3.05) is 11.9 Å². The zero-order valence-electron chi connectivity index (χ0n) is 22.6. The van der Waals surface area contributed by atoms with Gasteiger partial charge in [-0.25, -0.2) is 4.79 Å². The molecule has 0 saturated heterocycles. The van der Waals surface area contributed by atoms with Crippen LogP contribution in [0.5, 0.6) is 5.75 Å². The Balaban J connectivity index is 1.33. The van der Waals surface area contributed by atoms with E-state index < -0.39 is 5.60 Å². The molecule has 1 saturated carbocycles. The Kier molecular flexibility index (Phi) is 9.06. The van der Waals surface area contributed by atoms with Crippen LogP contribution in [0, 0.1) is 5.92 Å². The molecule has 6 nitrogen and oxygen atoms in total. The summed E-state index contributed by atoms with van der Waals surface area (Å²) >= 11 is 0. The van der Waals surface area contributed by atoms with E-state index in [2.05, 4.69) is 17.4 Å². The van der Waals surface area contributed by atoms with Gasteiger partial charge in [0.15, 0.2) is 0 Å². The van der Waals surface area contributed by atoms with Gasteiger partial charge in [-0.3, -0.25) is 4.79 Å². The molecule has 38 heavy (non-hydrogen) atoms. The van der Waals surface area contributed by atoms with E-state index in [4.69, 9.17) is 9.47 Å². The second-order valence-corrected chi connectivity index (χ2v) is 10.9. The van der Waals surface area contributed by atoms with Crippen molar-refractivity contribution >= 4 is 17.7 Å². The Morgan fingerprint density at radius 1 is 0.895 bits per heavy atom. The van der Waals surface area contributed by atoms with Crippen molar-refractivity contribution < 1.29 is 19.1 Å². The van der Waals surface area contributed by atoms with Gasteiger partial charge >= 0.3 is 6.09 Å². The molecular formula is C32H38N2O4. The van der Waals surface area contributed by atoms with E-state index in [-0.39, 0.29) is 17.9 Å². The van der Waals surface area contributed by atoms with Crippen LogP contribution in [0.3, 0.4) is 0 Å².